The van der Waals surface area contributed by atoms with Crippen LogP contribution in [0.4, 0.5) is 5.69 Å². The quantitative estimate of drug-likeness (QED) is 0.884. The number of hydrogen-bond donors (Lipinski definition) is 1. The van der Waals surface area contributed by atoms with Gasteiger partial charge in [-0.15, -0.1) is 0 Å². The summed E-state index contributed by atoms with van der Waals surface area (Å²) in [5, 5.41) is 2.71. The van der Waals surface area contributed by atoms with Crippen molar-refractivity contribution in [2.45, 2.75) is 33.7 Å². The van der Waals surface area contributed by atoms with Crippen molar-refractivity contribution in [1.29, 1.82) is 0 Å². The molecule has 128 valence electrons. The van der Waals surface area contributed by atoms with E-state index < -0.39 is 5.91 Å². The molecule has 0 radical (unpaired) electrons. The van der Waals surface area contributed by atoms with Crippen LogP contribution in [0.5, 0.6) is 5.88 Å². The summed E-state index contributed by atoms with van der Waals surface area (Å²) in [6.45, 7) is 6.56. The Morgan fingerprint density at radius 1 is 1.33 bits per heavy atom. The first-order valence-electron chi connectivity index (χ1n) is 7.93. The molecule has 6 nitrogen and oxygen atoms in total. The molecule has 0 atom stereocenters. The average Bonchev–Trinajstić information content (AvgIpc) is 2.54. The molecule has 0 saturated heterocycles. The Labute approximate surface area is 141 Å². The molecule has 1 amide bonds. The van der Waals surface area contributed by atoms with E-state index in [1.807, 2.05) is 0 Å². The molecule has 0 spiro atoms. The molecule has 0 aromatic carbocycles. The SMILES string of the molecule is COc1ccc(NC(=O)c2c(C)ccn(CCC(C)C)c2=O)cn1. The van der Waals surface area contributed by atoms with Gasteiger partial charge in [0.15, 0.2) is 0 Å². The smallest absolute Gasteiger partial charge is 0.263 e. The van der Waals surface area contributed by atoms with E-state index in [0.29, 0.717) is 29.6 Å². The van der Waals surface area contributed by atoms with Crippen molar-refractivity contribution in [3.8, 4) is 5.88 Å². The third-order valence-corrected chi connectivity index (χ3v) is 3.75. The van der Waals surface area contributed by atoms with Crippen LogP contribution in [0.2, 0.25) is 0 Å². The summed E-state index contributed by atoms with van der Waals surface area (Å²) in [7, 11) is 1.52. The summed E-state index contributed by atoms with van der Waals surface area (Å²) in [5.41, 5.74) is 1.06. The van der Waals surface area contributed by atoms with Gasteiger partial charge in [0.2, 0.25) is 5.88 Å². The van der Waals surface area contributed by atoms with Gasteiger partial charge >= 0.3 is 0 Å². The minimum Gasteiger partial charge on any atom is -0.481 e. The lowest BCUT2D eigenvalue weighted by atomic mass is 10.1. The molecule has 2 aromatic heterocycles. The van der Waals surface area contributed by atoms with Crippen LogP contribution in [0, 0.1) is 12.8 Å². The Hall–Kier alpha value is -2.63. The van der Waals surface area contributed by atoms with Crippen LogP contribution < -0.4 is 15.6 Å². The van der Waals surface area contributed by atoms with E-state index in [9.17, 15) is 9.59 Å². The van der Waals surface area contributed by atoms with E-state index in [4.69, 9.17) is 4.74 Å². The molecular formula is C18H23N3O3. The molecule has 2 heterocycles. The Bertz CT molecular complexity index is 764. The number of anilines is 1. The lowest BCUT2D eigenvalue weighted by Crippen LogP contribution is -2.30. The fraction of sp³-hybridized carbons (Fsp3) is 0.389. The van der Waals surface area contributed by atoms with Gasteiger partial charge in [-0.05, 0) is 37.0 Å². The third kappa shape index (κ3) is 4.22. The second-order valence-corrected chi connectivity index (χ2v) is 6.10. The number of methoxy groups -OCH3 is 1. The largest absolute Gasteiger partial charge is 0.481 e. The van der Waals surface area contributed by atoms with E-state index in [0.717, 1.165) is 6.42 Å². The minimum atomic E-state index is -0.427. The van der Waals surface area contributed by atoms with Crippen molar-refractivity contribution < 1.29 is 9.53 Å². The lowest BCUT2D eigenvalue weighted by Gasteiger charge is -2.12. The van der Waals surface area contributed by atoms with Gasteiger partial charge in [0, 0.05) is 18.8 Å². The number of amides is 1. The molecule has 1 N–H and O–H groups in total. The van der Waals surface area contributed by atoms with Gasteiger partial charge in [-0.2, -0.15) is 0 Å². The molecule has 0 aliphatic heterocycles. The Balaban J connectivity index is 2.24. The average molecular weight is 329 g/mol. The summed E-state index contributed by atoms with van der Waals surface area (Å²) in [6.07, 6.45) is 4.12. The first-order chi connectivity index (χ1) is 11.4. The molecular weight excluding hydrogens is 306 g/mol. The van der Waals surface area contributed by atoms with Crippen LogP contribution in [-0.2, 0) is 6.54 Å². The molecule has 0 bridgehead atoms. The highest BCUT2D eigenvalue weighted by atomic mass is 16.5. The number of carbonyl (C=O) groups is 1. The fourth-order valence-electron chi connectivity index (χ4n) is 2.28. The molecule has 0 fully saturated rings. The van der Waals surface area contributed by atoms with Crippen LogP contribution in [0.25, 0.3) is 0 Å². The maximum absolute atomic E-state index is 12.6. The summed E-state index contributed by atoms with van der Waals surface area (Å²) >= 11 is 0. The van der Waals surface area contributed by atoms with Gasteiger partial charge in [0.25, 0.3) is 11.5 Å². The van der Waals surface area contributed by atoms with Gasteiger partial charge in [0.05, 0.1) is 19.0 Å². The molecule has 24 heavy (non-hydrogen) atoms. The number of pyridine rings is 2. The fourth-order valence-corrected chi connectivity index (χ4v) is 2.28. The second kappa shape index (κ2) is 7.77. The predicted molar refractivity (Wildman–Crippen MR) is 93.6 cm³/mol. The molecule has 0 saturated carbocycles. The highest BCUT2D eigenvalue weighted by Gasteiger charge is 2.16. The number of aryl methyl sites for hydroxylation is 2. The Kier molecular flexibility index (Phi) is 5.73. The third-order valence-electron chi connectivity index (χ3n) is 3.75. The highest BCUT2D eigenvalue weighted by Crippen LogP contribution is 2.13. The first kappa shape index (κ1) is 17.7. The summed E-state index contributed by atoms with van der Waals surface area (Å²) < 4.78 is 6.57. The second-order valence-electron chi connectivity index (χ2n) is 6.10. The maximum Gasteiger partial charge on any atom is 0.263 e. The van der Waals surface area contributed by atoms with Gasteiger partial charge in [-0.3, -0.25) is 9.59 Å². The van der Waals surface area contributed by atoms with E-state index in [2.05, 4.69) is 24.1 Å². The van der Waals surface area contributed by atoms with Crippen LogP contribution in [0.1, 0.15) is 36.2 Å². The number of nitrogens with one attached hydrogen (secondary N) is 1. The van der Waals surface area contributed by atoms with E-state index in [1.165, 1.54) is 13.3 Å². The highest BCUT2D eigenvalue weighted by molar-refractivity contribution is 6.04. The van der Waals surface area contributed by atoms with E-state index >= 15 is 0 Å². The summed E-state index contributed by atoms with van der Waals surface area (Å²) in [4.78, 5) is 29.2. The standard InChI is InChI=1S/C18H23N3O3/c1-12(2)7-9-21-10-8-13(3)16(18(21)23)17(22)20-14-5-6-15(24-4)19-11-14/h5-6,8,10-12H,7,9H2,1-4H3,(H,20,22). The summed E-state index contributed by atoms with van der Waals surface area (Å²) in [6, 6.07) is 5.12. The maximum atomic E-state index is 12.6. The zero-order valence-corrected chi connectivity index (χ0v) is 14.5. The molecule has 2 rings (SSSR count). The minimum absolute atomic E-state index is 0.164. The van der Waals surface area contributed by atoms with Crippen LogP contribution in [0.3, 0.4) is 0 Å². The van der Waals surface area contributed by atoms with Gasteiger partial charge in [-0.25, -0.2) is 4.98 Å². The number of carbonyl (C=O) groups excluding carboxylic acids is 1. The van der Waals surface area contributed by atoms with Crippen molar-refractivity contribution in [3.05, 3.63) is 52.1 Å². The van der Waals surface area contributed by atoms with Gasteiger partial charge < -0.3 is 14.6 Å². The molecule has 0 aliphatic carbocycles. The number of nitrogens with zero attached hydrogens (tertiary/aromatic N) is 2. The number of aromatic nitrogens is 2. The Morgan fingerprint density at radius 3 is 2.67 bits per heavy atom. The van der Waals surface area contributed by atoms with Gasteiger partial charge in [0.1, 0.15) is 5.56 Å². The molecule has 2 aromatic rings. The molecule has 0 unspecified atom stereocenters. The van der Waals surface area contributed by atoms with Crippen LogP contribution in [-0.4, -0.2) is 22.6 Å². The van der Waals surface area contributed by atoms with Crippen molar-refractivity contribution in [3.63, 3.8) is 0 Å². The first-order valence-corrected chi connectivity index (χ1v) is 7.93. The molecule has 0 aliphatic rings. The normalized spacial score (nSPS) is 10.7. The Morgan fingerprint density at radius 2 is 2.08 bits per heavy atom. The lowest BCUT2D eigenvalue weighted by molar-refractivity contribution is 0.102. The van der Waals surface area contributed by atoms with Crippen molar-refractivity contribution in [2.75, 3.05) is 12.4 Å². The monoisotopic (exact) mass is 329 g/mol. The number of ether oxygens (including phenoxy) is 1. The van der Waals surface area contributed by atoms with Gasteiger partial charge in [-0.1, -0.05) is 13.8 Å². The molecule has 6 heteroatoms. The van der Waals surface area contributed by atoms with Crippen molar-refractivity contribution in [1.82, 2.24) is 9.55 Å². The zero-order valence-electron chi connectivity index (χ0n) is 14.5. The van der Waals surface area contributed by atoms with Crippen LogP contribution in [0.15, 0.2) is 35.4 Å². The van der Waals surface area contributed by atoms with Crippen molar-refractivity contribution >= 4 is 11.6 Å². The topological polar surface area (TPSA) is 73.2 Å². The number of rotatable bonds is 6. The van der Waals surface area contributed by atoms with Crippen LogP contribution >= 0.6 is 0 Å². The van der Waals surface area contributed by atoms with E-state index in [1.54, 1.807) is 35.9 Å². The van der Waals surface area contributed by atoms with Crippen molar-refractivity contribution in [2.24, 2.45) is 5.92 Å². The predicted octanol–water partition coefficient (Wildman–Crippen LogP) is 2.86. The summed E-state index contributed by atoms with van der Waals surface area (Å²) in [5.74, 6) is 0.518. The zero-order chi connectivity index (χ0) is 17.7. The number of hydrogen-bond acceptors (Lipinski definition) is 4. The van der Waals surface area contributed by atoms with E-state index in [-0.39, 0.29) is 11.1 Å².